The lowest BCUT2D eigenvalue weighted by atomic mass is 10.2. The minimum Gasteiger partial charge on any atom is -0.465 e. The zero-order valence-corrected chi connectivity index (χ0v) is 11.5. The highest BCUT2D eigenvalue weighted by molar-refractivity contribution is 6.30. The van der Waals surface area contributed by atoms with E-state index in [1.54, 1.807) is 0 Å². The van der Waals surface area contributed by atoms with E-state index < -0.39 is 11.8 Å². The van der Waals surface area contributed by atoms with Gasteiger partial charge in [0.1, 0.15) is 16.5 Å². The van der Waals surface area contributed by atoms with Crippen molar-refractivity contribution in [1.82, 2.24) is 19.6 Å². The first-order valence-electron chi connectivity index (χ1n) is 5.83. The van der Waals surface area contributed by atoms with Crippen molar-refractivity contribution in [1.29, 1.82) is 0 Å². The summed E-state index contributed by atoms with van der Waals surface area (Å²) in [7, 11) is 1.26. The molecule has 8 heteroatoms. The molecule has 0 aromatic carbocycles. The molecule has 21 heavy (non-hydrogen) atoms. The van der Waals surface area contributed by atoms with Crippen molar-refractivity contribution in [2.45, 2.75) is 0 Å². The Morgan fingerprint density at radius 1 is 1.33 bits per heavy atom. The van der Waals surface area contributed by atoms with Crippen molar-refractivity contribution in [2.24, 2.45) is 0 Å². The molecule has 0 bridgehead atoms. The predicted octanol–water partition coefficient (Wildman–Crippen LogP) is 2.37. The fourth-order valence-electron chi connectivity index (χ4n) is 1.88. The summed E-state index contributed by atoms with van der Waals surface area (Å²) >= 11 is 6.11. The lowest BCUT2D eigenvalue weighted by Crippen LogP contribution is -2.03. The van der Waals surface area contributed by atoms with Gasteiger partial charge in [-0.2, -0.15) is 5.10 Å². The maximum atomic E-state index is 13.3. The van der Waals surface area contributed by atoms with Crippen LogP contribution in [0.25, 0.3) is 16.9 Å². The van der Waals surface area contributed by atoms with Crippen LogP contribution < -0.4 is 0 Å². The maximum absolute atomic E-state index is 13.3. The van der Waals surface area contributed by atoms with E-state index in [4.69, 9.17) is 11.6 Å². The molecule has 0 spiro atoms. The van der Waals surface area contributed by atoms with E-state index in [0.29, 0.717) is 11.3 Å². The number of carbonyl (C=O) groups is 1. The number of rotatable bonds is 2. The Balaban J connectivity index is 2.24. The van der Waals surface area contributed by atoms with E-state index in [2.05, 4.69) is 19.8 Å². The normalized spacial score (nSPS) is 10.8. The van der Waals surface area contributed by atoms with E-state index in [9.17, 15) is 9.18 Å². The Labute approximate surface area is 123 Å². The molecule has 0 aliphatic heterocycles. The zero-order valence-electron chi connectivity index (χ0n) is 10.7. The van der Waals surface area contributed by atoms with Crippen LogP contribution >= 0.6 is 11.6 Å². The molecule has 0 saturated heterocycles. The van der Waals surface area contributed by atoms with Crippen LogP contribution in [0.2, 0.25) is 5.15 Å². The van der Waals surface area contributed by atoms with Crippen LogP contribution in [-0.2, 0) is 4.74 Å². The van der Waals surface area contributed by atoms with Gasteiger partial charge in [0, 0.05) is 17.8 Å². The first kappa shape index (κ1) is 13.4. The third kappa shape index (κ3) is 2.31. The number of carbonyl (C=O) groups excluding carboxylic acids is 1. The summed E-state index contributed by atoms with van der Waals surface area (Å²) in [6.07, 6.45) is 3.85. The molecule has 0 radical (unpaired) electrons. The number of methoxy groups -OCH3 is 1. The van der Waals surface area contributed by atoms with Crippen molar-refractivity contribution < 1.29 is 13.9 Å². The van der Waals surface area contributed by atoms with Crippen molar-refractivity contribution in [3.63, 3.8) is 0 Å². The van der Waals surface area contributed by atoms with Crippen LogP contribution in [0.4, 0.5) is 4.39 Å². The minimum absolute atomic E-state index is 0.172. The van der Waals surface area contributed by atoms with E-state index in [1.165, 1.54) is 36.2 Å². The molecule has 0 atom stereocenters. The highest BCUT2D eigenvalue weighted by Crippen LogP contribution is 2.23. The molecule has 0 unspecified atom stereocenters. The van der Waals surface area contributed by atoms with Crippen LogP contribution in [0, 0.1) is 5.82 Å². The van der Waals surface area contributed by atoms with Gasteiger partial charge in [0.2, 0.25) is 0 Å². The smallest absolute Gasteiger partial charge is 0.343 e. The largest absolute Gasteiger partial charge is 0.465 e. The Bertz CT molecular complexity index is 849. The van der Waals surface area contributed by atoms with Gasteiger partial charge < -0.3 is 4.74 Å². The van der Waals surface area contributed by atoms with Gasteiger partial charge >= 0.3 is 5.97 Å². The third-order valence-corrected chi connectivity index (χ3v) is 3.10. The molecule has 3 rings (SSSR count). The fourth-order valence-corrected chi connectivity index (χ4v) is 2.11. The van der Waals surface area contributed by atoms with Gasteiger partial charge in [-0.05, 0) is 6.07 Å². The lowest BCUT2D eigenvalue weighted by molar-refractivity contribution is 0.0602. The van der Waals surface area contributed by atoms with Crippen LogP contribution in [-0.4, -0.2) is 32.7 Å². The molecule has 3 heterocycles. The molecule has 3 aromatic heterocycles. The summed E-state index contributed by atoms with van der Waals surface area (Å²) in [5.74, 6) is -1.07. The number of hydrogen-bond donors (Lipinski definition) is 0. The third-order valence-electron chi connectivity index (χ3n) is 2.83. The molecule has 106 valence electrons. The quantitative estimate of drug-likeness (QED) is 0.537. The topological polar surface area (TPSA) is 69.4 Å². The summed E-state index contributed by atoms with van der Waals surface area (Å²) in [6.45, 7) is 0. The van der Waals surface area contributed by atoms with E-state index in [1.807, 2.05) is 0 Å². The summed E-state index contributed by atoms with van der Waals surface area (Å²) in [5.41, 5.74) is 1.22. The average molecular weight is 307 g/mol. The summed E-state index contributed by atoms with van der Waals surface area (Å²) in [6, 6.07) is 2.79. The second-order valence-corrected chi connectivity index (χ2v) is 4.53. The Morgan fingerprint density at radius 2 is 2.14 bits per heavy atom. The van der Waals surface area contributed by atoms with Gasteiger partial charge in [-0.25, -0.2) is 18.7 Å². The first-order valence-corrected chi connectivity index (χ1v) is 6.21. The van der Waals surface area contributed by atoms with Gasteiger partial charge in [-0.1, -0.05) is 11.6 Å². The molecule has 3 aromatic rings. The number of halogens is 2. The van der Waals surface area contributed by atoms with Gasteiger partial charge in [-0.15, -0.1) is 0 Å². The fraction of sp³-hybridized carbons (Fsp3) is 0.0769. The highest BCUT2D eigenvalue weighted by Gasteiger charge is 2.17. The average Bonchev–Trinajstić information content (AvgIpc) is 2.91. The number of pyridine rings is 1. The monoisotopic (exact) mass is 306 g/mol. The van der Waals surface area contributed by atoms with Gasteiger partial charge in [0.15, 0.2) is 5.65 Å². The van der Waals surface area contributed by atoms with Gasteiger partial charge in [0.25, 0.3) is 0 Å². The number of nitrogens with zero attached hydrogens (tertiary/aromatic N) is 4. The summed E-state index contributed by atoms with van der Waals surface area (Å²) < 4.78 is 19.2. The SMILES string of the molecule is COC(=O)c1cnn2c(Cl)cc(-c3cncc(F)c3)nc12. The van der Waals surface area contributed by atoms with Crippen LogP contribution in [0.1, 0.15) is 10.4 Å². The van der Waals surface area contributed by atoms with Crippen LogP contribution in [0.5, 0.6) is 0 Å². The predicted molar refractivity (Wildman–Crippen MR) is 72.5 cm³/mol. The molecule has 0 aliphatic carbocycles. The zero-order chi connectivity index (χ0) is 15.0. The second-order valence-electron chi connectivity index (χ2n) is 4.14. The lowest BCUT2D eigenvalue weighted by Gasteiger charge is -2.04. The Hall–Kier alpha value is -2.54. The van der Waals surface area contributed by atoms with Crippen molar-refractivity contribution in [3.8, 4) is 11.3 Å². The number of aromatic nitrogens is 4. The number of esters is 1. The molecular weight excluding hydrogens is 299 g/mol. The number of ether oxygens (including phenoxy) is 1. The molecule has 0 fully saturated rings. The molecular formula is C13H8ClFN4O2. The summed E-state index contributed by atoms with van der Waals surface area (Å²) in [4.78, 5) is 19.7. The molecule has 6 nitrogen and oxygen atoms in total. The van der Waals surface area contributed by atoms with Crippen LogP contribution in [0.15, 0.2) is 30.7 Å². The maximum Gasteiger partial charge on any atom is 0.343 e. The second kappa shape index (κ2) is 5.10. The van der Waals surface area contributed by atoms with Gasteiger partial charge in [-0.3, -0.25) is 4.98 Å². The Morgan fingerprint density at radius 3 is 2.86 bits per heavy atom. The first-order chi connectivity index (χ1) is 10.1. The van der Waals surface area contributed by atoms with Crippen molar-refractivity contribution in [3.05, 3.63) is 47.3 Å². The van der Waals surface area contributed by atoms with E-state index in [-0.39, 0.29) is 16.4 Å². The summed E-state index contributed by atoms with van der Waals surface area (Å²) in [5, 5.41) is 4.20. The highest BCUT2D eigenvalue weighted by atomic mass is 35.5. The number of fused-ring (bicyclic) bond motifs is 1. The minimum atomic E-state index is -0.580. The molecule has 0 amide bonds. The van der Waals surface area contributed by atoms with E-state index >= 15 is 0 Å². The van der Waals surface area contributed by atoms with Crippen molar-refractivity contribution in [2.75, 3.05) is 7.11 Å². The molecule has 0 N–H and O–H groups in total. The van der Waals surface area contributed by atoms with Gasteiger partial charge in [0.05, 0.1) is 25.2 Å². The molecule has 0 aliphatic rings. The Kier molecular flexibility index (Phi) is 3.26. The van der Waals surface area contributed by atoms with E-state index in [0.717, 1.165) is 6.20 Å². The molecule has 0 saturated carbocycles. The van der Waals surface area contributed by atoms with Crippen molar-refractivity contribution >= 4 is 23.2 Å². The number of hydrogen-bond acceptors (Lipinski definition) is 5. The van der Waals surface area contributed by atoms with Crippen LogP contribution in [0.3, 0.4) is 0 Å². The standard InChI is InChI=1S/C13H8ClFN4O2/c1-21-13(20)9-6-17-19-11(14)3-10(18-12(9)19)7-2-8(15)5-16-4-7/h2-6H,1H3.